The number of rotatable bonds is 3. The minimum absolute atomic E-state index is 0.228. The summed E-state index contributed by atoms with van der Waals surface area (Å²) in [6.07, 6.45) is 5.61. The van der Waals surface area contributed by atoms with Crippen molar-refractivity contribution in [1.29, 1.82) is 0 Å². The number of carbonyl (C=O) groups excluding carboxylic acids is 1. The molecule has 1 aromatic heterocycles. The third kappa shape index (κ3) is 2.85. The Bertz CT molecular complexity index is 345. The van der Waals surface area contributed by atoms with Crippen LogP contribution in [-0.2, 0) is 11.2 Å². The summed E-state index contributed by atoms with van der Waals surface area (Å²) < 4.78 is 0. The van der Waals surface area contributed by atoms with Crippen LogP contribution < -0.4 is 0 Å². The Kier molecular flexibility index (Phi) is 3.62. The highest BCUT2D eigenvalue weighted by atomic mass is 16.1. The van der Waals surface area contributed by atoms with Crippen LogP contribution in [0.2, 0.25) is 0 Å². The normalized spacial score (nSPS) is 18.6. The maximum absolute atomic E-state index is 12.0. The minimum atomic E-state index is 0.228. The third-order valence-corrected chi connectivity index (χ3v) is 3.17. The number of nitrogens with zero attached hydrogens (tertiary/aromatic N) is 3. The molecule has 0 amide bonds. The molecular formula is C12H17N3O. The number of Topliss-reactive ketones (excluding diaryl/α,β-unsaturated/α-hetero) is 1. The van der Waals surface area contributed by atoms with Crippen molar-refractivity contribution in [1.82, 2.24) is 14.9 Å². The molecule has 2 rings (SSSR count). The van der Waals surface area contributed by atoms with Gasteiger partial charge in [0.15, 0.2) is 0 Å². The van der Waals surface area contributed by atoms with Crippen molar-refractivity contribution in [3.63, 3.8) is 0 Å². The highest BCUT2D eigenvalue weighted by molar-refractivity contribution is 5.82. The molecule has 16 heavy (non-hydrogen) atoms. The SMILES string of the molecule is CN1CCC(C(=O)Cc2ccncn2)CC1. The van der Waals surface area contributed by atoms with Gasteiger partial charge >= 0.3 is 0 Å². The first kappa shape index (κ1) is 11.2. The average molecular weight is 219 g/mol. The molecule has 0 saturated carbocycles. The maximum atomic E-state index is 12.0. The Balaban J connectivity index is 1.89. The van der Waals surface area contributed by atoms with Gasteiger partial charge in [0, 0.05) is 18.5 Å². The van der Waals surface area contributed by atoms with Gasteiger partial charge in [-0.25, -0.2) is 9.97 Å². The highest BCUT2D eigenvalue weighted by Gasteiger charge is 2.23. The van der Waals surface area contributed by atoms with E-state index in [4.69, 9.17) is 0 Å². The molecule has 1 aliphatic rings. The smallest absolute Gasteiger partial charge is 0.142 e. The summed E-state index contributed by atoms with van der Waals surface area (Å²) in [5.74, 6) is 0.554. The van der Waals surface area contributed by atoms with Gasteiger partial charge in [-0.2, -0.15) is 0 Å². The Labute approximate surface area is 95.7 Å². The Hall–Kier alpha value is -1.29. The van der Waals surface area contributed by atoms with Gasteiger partial charge in [-0.3, -0.25) is 4.79 Å². The van der Waals surface area contributed by atoms with Gasteiger partial charge in [0.1, 0.15) is 12.1 Å². The summed E-state index contributed by atoms with van der Waals surface area (Å²) in [6.45, 7) is 2.06. The first-order chi connectivity index (χ1) is 7.75. The van der Waals surface area contributed by atoms with Gasteiger partial charge in [-0.05, 0) is 39.0 Å². The second-order valence-corrected chi connectivity index (χ2v) is 4.42. The lowest BCUT2D eigenvalue weighted by atomic mass is 9.90. The van der Waals surface area contributed by atoms with Gasteiger partial charge < -0.3 is 4.90 Å². The van der Waals surface area contributed by atoms with E-state index in [-0.39, 0.29) is 5.92 Å². The third-order valence-electron chi connectivity index (χ3n) is 3.17. The number of aromatic nitrogens is 2. The van der Waals surface area contributed by atoms with E-state index in [1.54, 1.807) is 6.20 Å². The summed E-state index contributed by atoms with van der Waals surface area (Å²) in [6, 6.07) is 1.81. The van der Waals surface area contributed by atoms with Crippen molar-refractivity contribution in [2.24, 2.45) is 5.92 Å². The molecule has 4 heteroatoms. The number of likely N-dealkylation sites (tertiary alicyclic amines) is 1. The molecule has 86 valence electrons. The second kappa shape index (κ2) is 5.16. The fourth-order valence-corrected chi connectivity index (χ4v) is 2.08. The predicted octanol–water partition coefficient (Wildman–Crippen LogP) is 0.930. The zero-order chi connectivity index (χ0) is 11.4. The minimum Gasteiger partial charge on any atom is -0.306 e. The van der Waals surface area contributed by atoms with Crippen molar-refractivity contribution >= 4 is 5.78 Å². The van der Waals surface area contributed by atoms with Gasteiger partial charge in [0.25, 0.3) is 0 Å². The van der Waals surface area contributed by atoms with Crippen molar-refractivity contribution in [3.05, 3.63) is 24.3 Å². The lowest BCUT2D eigenvalue weighted by molar-refractivity contribution is -0.123. The van der Waals surface area contributed by atoms with E-state index in [0.29, 0.717) is 12.2 Å². The van der Waals surface area contributed by atoms with Crippen molar-refractivity contribution in [2.75, 3.05) is 20.1 Å². The van der Waals surface area contributed by atoms with E-state index >= 15 is 0 Å². The van der Waals surface area contributed by atoms with Crippen LogP contribution in [0.1, 0.15) is 18.5 Å². The molecule has 4 nitrogen and oxygen atoms in total. The van der Waals surface area contributed by atoms with E-state index < -0.39 is 0 Å². The zero-order valence-electron chi connectivity index (χ0n) is 9.59. The first-order valence-electron chi connectivity index (χ1n) is 5.72. The molecule has 0 aliphatic carbocycles. The summed E-state index contributed by atoms with van der Waals surface area (Å²) in [7, 11) is 2.10. The van der Waals surface area contributed by atoms with Gasteiger partial charge in [0.2, 0.25) is 0 Å². The molecule has 1 aliphatic heterocycles. The molecule has 0 aromatic carbocycles. The molecule has 1 aromatic rings. The molecule has 0 atom stereocenters. The number of hydrogen-bond donors (Lipinski definition) is 0. The number of ketones is 1. The lowest BCUT2D eigenvalue weighted by Crippen LogP contribution is -2.34. The fraction of sp³-hybridized carbons (Fsp3) is 0.583. The fourth-order valence-electron chi connectivity index (χ4n) is 2.08. The van der Waals surface area contributed by atoms with E-state index in [9.17, 15) is 4.79 Å². The lowest BCUT2D eigenvalue weighted by Gasteiger charge is -2.27. The molecule has 2 heterocycles. The van der Waals surface area contributed by atoms with Gasteiger partial charge in [0.05, 0.1) is 5.69 Å². The van der Waals surface area contributed by atoms with Crippen LogP contribution in [0.3, 0.4) is 0 Å². The van der Waals surface area contributed by atoms with Crippen LogP contribution in [0.25, 0.3) is 0 Å². The molecule has 1 saturated heterocycles. The summed E-state index contributed by atoms with van der Waals surface area (Å²) in [5.41, 5.74) is 0.832. The predicted molar refractivity (Wildman–Crippen MR) is 61.0 cm³/mol. The molecular weight excluding hydrogens is 202 g/mol. The highest BCUT2D eigenvalue weighted by Crippen LogP contribution is 2.18. The van der Waals surface area contributed by atoms with Crippen LogP contribution in [0.5, 0.6) is 0 Å². The monoisotopic (exact) mass is 219 g/mol. The van der Waals surface area contributed by atoms with Crippen molar-refractivity contribution in [3.8, 4) is 0 Å². The van der Waals surface area contributed by atoms with Crippen LogP contribution in [0.4, 0.5) is 0 Å². The van der Waals surface area contributed by atoms with Gasteiger partial charge in [-0.1, -0.05) is 0 Å². The largest absolute Gasteiger partial charge is 0.306 e. The molecule has 0 radical (unpaired) electrons. The summed E-state index contributed by atoms with van der Waals surface area (Å²) in [5, 5.41) is 0. The zero-order valence-corrected chi connectivity index (χ0v) is 9.59. The van der Waals surface area contributed by atoms with Crippen LogP contribution in [0, 0.1) is 5.92 Å². The van der Waals surface area contributed by atoms with Crippen molar-refractivity contribution in [2.45, 2.75) is 19.3 Å². The topological polar surface area (TPSA) is 46.1 Å². The molecule has 0 unspecified atom stereocenters. The van der Waals surface area contributed by atoms with E-state index in [1.807, 2.05) is 6.07 Å². The Morgan fingerprint density at radius 1 is 1.50 bits per heavy atom. The van der Waals surface area contributed by atoms with E-state index in [2.05, 4.69) is 21.9 Å². The number of piperidine rings is 1. The van der Waals surface area contributed by atoms with Gasteiger partial charge in [-0.15, -0.1) is 0 Å². The maximum Gasteiger partial charge on any atom is 0.142 e. The van der Waals surface area contributed by atoms with E-state index in [0.717, 1.165) is 31.6 Å². The van der Waals surface area contributed by atoms with E-state index in [1.165, 1.54) is 6.33 Å². The Morgan fingerprint density at radius 3 is 2.88 bits per heavy atom. The molecule has 0 N–H and O–H groups in total. The summed E-state index contributed by atoms with van der Waals surface area (Å²) in [4.78, 5) is 22.2. The van der Waals surface area contributed by atoms with Crippen LogP contribution in [0.15, 0.2) is 18.6 Å². The van der Waals surface area contributed by atoms with Crippen LogP contribution >= 0.6 is 0 Å². The first-order valence-corrected chi connectivity index (χ1v) is 5.72. The van der Waals surface area contributed by atoms with Crippen molar-refractivity contribution < 1.29 is 4.79 Å². The average Bonchev–Trinajstić information content (AvgIpc) is 2.31. The Morgan fingerprint density at radius 2 is 2.25 bits per heavy atom. The van der Waals surface area contributed by atoms with Crippen LogP contribution in [-0.4, -0.2) is 40.8 Å². The number of hydrogen-bond acceptors (Lipinski definition) is 4. The molecule has 0 bridgehead atoms. The second-order valence-electron chi connectivity index (χ2n) is 4.42. The summed E-state index contributed by atoms with van der Waals surface area (Å²) >= 11 is 0. The quantitative estimate of drug-likeness (QED) is 0.758. The molecule has 1 fully saturated rings. The number of carbonyl (C=O) groups is 1. The molecule has 0 spiro atoms. The standard InChI is InChI=1S/C12H17N3O/c1-15-6-3-10(4-7-15)12(16)8-11-2-5-13-9-14-11/h2,5,9-10H,3-4,6-8H2,1H3.